The van der Waals surface area contributed by atoms with E-state index in [-0.39, 0.29) is 11.6 Å². The molecule has 5 rings (SSSR count). The van der Waals surface area contributed by atoms with Crippen molar-refractivity contribution in [3.63, 3.8) is 0 Å². The molecule has 10 heteroatoms. The summed E-state index contributed by atoms with van der Waals surface area (Å²) >= 11 is 0. The second-order valence-corrected chi connectivity index (χ2v) is 9.32. The monoisotopic (exact) mass is 499 g/mol. The van der Waals surface area contributed by atoms with E-state index in [0.29, 0.717) is 25.2 Å². The van der Waals surface area contributed by atoms with E-state index in [1.165, 1.54) is 22.6 Å². The normalized spacial score (nSPS) is 14.2. The standard InChI is InChI=1S/C27H29N7O3/c1-20-26(21(2)33(29-20)24-6-4-3-5-7-24)19-30-12-14-31(15-13-30)27(35)23-10-8-22(9-11-23)17-32-18-25(16-28-32)34(36)37/h3-11,16,18H,12-15,17,19H2,1-2H3. The van der Waals surface area contributed by atoms with Crippen molar-refractivity contribution < 1.29 is 9.72 Å². The average molecular weight is 500 g/mol. The van der Waals surface area contributed by atoms with E-state index in [1.54, 1.807) is 0 Å². The van der Waals surface area contributed by atoms with Crippen molar-refractivity contribution in [1.29, 1.82) is 0 Å². The quantitative estimate of drug-likeness (QED) is 0.284. The molecule has 0 radical (unpaired) electrons. The van der Waals surface area contributed by atoms with Gasteiger partial charge in [-0.3, -0.25) is 24.5 Å². The molecule has 4 aromatic rings. The summed E-state index contributed by atoms with van der Waals surface area (Å²) in [6, 6.07) is 17.5. The minimum atomic E-state index is -0.467. The minimum absolute atomic E-state index is 0.0187. The zero-order valence-corrected chi connectivity index (χ0v) is 20.9. The van der Waals surface area contributed by atoms with Gasteiger partial charge in [0.1, 0.15) is 12.4 Å². The molecule has 1 aliphatic heterocycles. The van der Waals surface area contributed by atoms with Crippen molar-refractivity contribution in [1.82, 2.24) is 29.4 Å². The second-order valence-electron chi connectivity index (χ2n) is 9.32. The third kappa shape index (κ3) is 5.29. The van der Waals surface area contributed by atoms with Gasteiger partial charge in [0.15, 0.2) is 0 Å². The number of hydrogen-bond donors (Lipinski definition) is 0. The number of amides is 1. The van der Waals surface area contributed by atoms with Gasteiger partial charge in [0.2, 0.25) is 0 Å². The van der Waals surface area contributed by atoms with Crippen molar-refractivity contribution >= 4 is 11.6 Å². The fourth-order valence-electron chi connectivity index (χ4n) is 4.71. The maximum absolute atomic E-state index is 13.1. The summed E-state index contributed by atoms with van der Waals surface area (Å²) in [4.78, 5) is 27.7. The fraction of sp³-hybridized carbons (Fsp3) is 0.296. The van der Waals surface area contributed by atoms with Crippen molar-refractivity contribution in [2.24, 2.45) is 0 Å². The SMILES string of the molecule is Cc1nn(-c2ccccc2)c(C)c1CN1CCN(C(=O)c2ccc(Cn3cc([N+](=O)[O-])cn3)cc2)CC1. The zero-order chi connectivity index (χ0) is 25.9. The highest BCUT2D eigenvalue weighted by molar-refractivity contribution is 5.94. The van der Waals surface area contributed by atoms with E-state index >= 15 is 0 Å². The molecule has 190 valence electrons. The first-order valence-corrected chi connectivity index (χ1v) is 12.3. The number of hydrogen-bond acceptors (Lipinski definition) is 6. The number of aryl methyl sites for hydroxylation is 1. The molecule has 1 aliphatic rings. The van der Waals surface area contributed by atoms with Crippen LogP contribution in [0.4, 0.5) is 5.69 Å². The zero-order valence-electron chi connectivity index (χ0n) is 20.9. The van der Waals surface area contributed by atoms with E-state index in [9.17, 15) is 14.9 Å². The lowest BCUT2D eigenvalue weighted by Crippen LogP contribution is -2.48. The van der Waals surface area contributed by atoms with E-state index in [2.05, 4.69) is 36.0 Å². The molecule has 0 bridgehead atoms. The van der Waals surface area contributed by atoms with Gasteiger partial charge in [0.05, 0.1) is 22.8 Å². The number of nitrogens with zero attached hydrogens (tertiary/aromatic N) is 7. The van der Waals surface area contributed by atoms with Crippen LogP contribution in [0.3, 0.4) is 0 Å². The molecule has 37 heavy (non-hydrogen) atoms. The summed E-state index contributed by atoms with van der Waals surface area (Å²) in [7, 11) is 0. The number of benzene rings is 2. The highest BCUT2D eigenvalue weighted by atomic mass is 16.6. The predicted octanol–water partition coefficient (Wildman–Crippen LogP) is 3.60. The molecule has 3 heterocycles. The summed E-state index contributed by atoms with van der Waals surface area (Å²) in [5.74, 6) is 0.0187. The van der Waals surface area contributed by atoms with E-state index in [1.807, 2.05) is 52.0 Å². The molecule has 2 aromatic carbocycles. The Kier molecular flexibility index (Phi) is 6.82. The molecule has 0 unspecified atom stereocenters. The van der Waals surface area contributed by atoms with Crippen LogP contribution in [0.2, 0.25) is 0 Å². The lowest BCUT2D eigenvalue weighted by molar-refractivity contribution is -0.385. The maximum Gasteiger partial charge on any atom is 0.307 e. The Morgan fingerprint density at radius 1 is 0.973 bits per heavy atom. The number of carbonyl (C=O) groups excluding carboxylic acids is 1. The van der Waals surface area contributed by atoms with Crippen molar-refractivity contribution in [2.75, 3.05) is 26.2 Å². The van der Waals surface area contributed by atoms with Crippen LogP contribution >= 0.6 is 0 Å². The van der Waals surface area contributed by atoms with Crippen LogP contribution in [-0.2, 0) is 13.1 Å². The topological polar surface area (TPSA) is 102 Å². The molecule has 1 fully saturated rings. The number of nitro groups is 1. The molecule has 0 saturated carbocycles. The molecule has 1 saturated heterocycles. The highest BCUT2D eigenvalue weighted by Gasteiger charge is 2.24. The van der Waals surface area contributed by atoms with Gasteiger partial charge in [-0.25, -0.2) is 4.68 Å². The van der Waals surface area contributed by atoms with Crippen LogP contribution in [0.15, 0.2) is 67.0 Å². The number of aromatic nitrogens is 4. The molecule has 10 nitrogen and oxygen atoms in total. The first-order valence-electron chi connectivity index (χ1n) is 12.3. The van der Waals surface area contributed by atoms with Gasteiger partial charge in [-0.15, -0.1) is 0 Å². The smallest absolute Gasteiger partial charge is 0.307 e. The van der Waals surface area contributed by atoms with E-state index < -0.39 is 4.92 Å². The largest absolute Gasteiger partial charge is 0.336 e. The number of piperazine rings is 1. The molecule has 0 aliphatic carbocycles. The Labute approximate surface area is 214 Å². The summed E-state index contributed by atoms with van der Waals surface area (Å²) in [5.41, 5.74) is 5.99. The van der Waals surface area contributed by atoms with E-state index in [4.69, 9.17) is 5.10 Å². The molecular formula is C27H29N7O3. The van der Waals surface area contributed by atoms with Crippen molar-refractivity contribution in [3.05, 3.63) is 105 Å². The fourth-order valence-corrected chi connectivity index (χ4v) is 4.71. The Hall–Kier alpha value is -4.31. The lowest BCUT2D eigenvalue weighted by atomic mass is 10.1. The third-order valence-corrected chi connectivity index (χ3v) is 6.86. The number of para-hydroxylation sites is 1. The van der Waals surface area contributed by atoms with Gasteiger partial charge in [0, 0.05) is 49.5 Å². The van der Waals surface area contributed by atoms with Gasteiger partial charge in [0.25, 0.3) is 5.91 Å². The molecule has 0 N–H and O–H groups in total. The van der Waals surface area contributed by atoms with Crippen LogP contribution < -0.4 is 0 Å². The van der Waals surface area contributed by atoms with Crippen LogP contribution in [-0.4, -0.2) is 66.4 Å². The summed E-state index contributed by atoms with van der Waals surface area (Å²) in [5, 5.41) is 19.6. The summed E-state index contributed by atoms with van der Waals surface area (Å²) in [6.07, 6.45) is 2.63. The first kappa shape index (κ1) is 24.4. The lowest BCUT2D eigenvalue weighted by Gasteiger charge is -2.34. The van der Waals surface area contributed by atoms with Gasteiger partial charge in [-0.05, 0) is 43.7 Å². The van der Waals surface area contributed by atoms with Gasteiger partial charge >= 0.3 is 5.69 Å². The second kappa shape index (κ2) is 10.4. The maximum atomic E-state index is 13.1. The van der Waals surface area contributed by atoms with E-state index in [0.717, 1.165) is 42.3 Å². The van der Waals surface area contributed by atoms with Crippen molar-refractivity contribution in [3.8, 4) is 5.69 Å². The van der Waals surface area contributed by atoms with Crippen LogP contribution in [0.5, 0.6) is 0 Å². The predicted molar refractivity (Wildman–Crippen MR) is 139 cm³/mol. The molecule has 0 atom stereocenters. The highest BCUT2D eigenvalue weighted by Crippen LogP contribution is 2.21. The number of carbonyl (C=O) groups is 1. The van der Waals surface area contributed by atoms with Crippen LogP contribution in [0.25, 0.3) is 5.69 Å². The van der Waals surface area contributed by atoms with Gasteiger partial charge < -0.3 is 4.90 Å². The third-order valence-electron chi connectivity index (χ3n) is 6.86. The van der Waals surface area contributed by atoms with Crippen molar-refractivity contribution in [2.45, 2.75) is 26.9 Å². The molecular weight excluding hydrogens is 470 g/mol. The molecule has 0 spiro atoms. The Morgan fingerprint density at radius 3 is 2.32 bits per heavy atom. The van der Waals surface area contributed by atoms with Crippen LogP contribution in [0.1, 0.15) is 32.9 Å². The summed E-state index contributed by atoms with van der Waals surface area (Å²) < 4.78 is 3.52. The number of rotatable bonds is 7. The Morgan fingerprint density at radius 2 is 1.68 bits per heavy atom. The summed E-state index contributed by atoms with van der Waals surface area (Å²) in [6.45, 7) is 8.32. The Balaban J connectivity index is 1.17. The van der Waals surface area contributed by atoms with Crippen LogP contribution in [0, 0.1) is 24.0 Å². The molecule has 2 aromatic heterocycles. The first-order chi connectivity index (χ1) is 17.9. The van der Waals surface area contributed by atoms with Gasteiger partial charge in [-0.1, -0.05) is 30.3 Å². The average Bonchev–Trinajstić information content (AvgIpc) is 3.50. The minimum Gasteiger partial charge on any atom is -0.336 e. The molecule has 1 amide bonds. The van der Waals surface area contributed by atoms with Gasteiger partial charge in [-0.2, -0.15) is 10.2 Å². The Bertz CT molecular complexity index is 1400.